The minimum Gasteiger partial charge on any atom is -0.309 e. The van der Waals surface area contributed by atoms with Gasteiger partial charge in [-0.05, 0) is 109 Å². The molecule has 0 saturated heterocycles. The van der Waals surface area contributed by atoms with Crippen LogP contribution in [-0.2, 0) is 10.8 Å². The molecule has 4 aliphatic rings. The first-order chi connectivity index (χ1) is 53.6. The summed E-state index contributed by atoms with van der Waals surface area (Å²) in [7, 11) is 0. The third kappa shape index (κ3) is 8.66. The fourth-order valence-corrected chi connectivity index (χ4v) is 20.9. The highest BCUT2D eigenvalue weighted by Gasteiger charge is 2.52. The van der Waals surface area contributed by atoms with Crippen molar-refractivity contribution in [1.29, 1.82) is 0 Å². The molecule has 0 radical (unpaired) electrons. The van der Waals surface area contributed by atoms with Crippen molar-refractivity contribution in [1.82, 2.24) is 39.0 Å². The normalized spacial score (nSPS) is 15.4. The molecular formula is C98H58N8S2. The van der Waals surface area contributed by atoms with Crippen LogP contribution in [0.5, 0.6) is 0 Å². The van der Waals surface area contributed by atoms with Gasteiger partial charge in [0.25, 0.3) is 0 Å². The van der Waals surface area contributed by atoms with Gasteiger partial charge in [0.15, 0.2) is 34.9 Å². The van der Waals surface area contributed by atoms with E-state index in [4.69, 9.17) is 29.9 Å². The average molecular weight is 1410 g/mol. The molecule has 0 saturated carbocycles. The fraction of sp³-hybridized carbons (Fsp3) is 0.0204. The molecular weight excluding hydrogens is 1350 g/mol. The molecule has 23 rings (SSSR count). The molecule has 2 atom stereocenters. The minimum absolute atomic E-state index is 0.591. The van der Waals surface area contributed by atoms with Crippen LogP contribution < -0.4 is 0 Å². The first-order valence-electron chi connectivity index (χ1n) is 36.6. The maximum absolute atomic E-state index is 5.71. The van der Waals surface area contributed by atoms with Gasteiger partial charge in [-0.1, -0.05) is 333 Å². The number of benzene rings is 15. The zero-order chi connectivity index (χ0) is 70.8. The molecule has 8 nitrogen and oxygen atoms in total. The minimum atomic E-state index is -0.766. The predicted octanol–water partition coefficient (Wildman–Crippen LogP) is 23.9. The van der Waals surface area contributed by atoms with E-state index in [1.54, 1.807) is 11.8 Å². The molecule has 15 aromatic carbocycles. The van der Waals surface area contributed by atoms with Crippen LogP contribution in [0.15, 0.2) is 371 Å². The summed E-state index contributed by atoms with van der Waals surface area (Å²) in [6, 6.07) is 128. The van der Waals surface area contributed by atoms with E-state index in [0.717, 1.165) is 87.4 Å². The number of para-hydroxylation sites is 5. The van der Waals surface area contributed by atoms with Gasteiger partial charge in [-0.3, -0.25) is 0 Å². The molecule has 10 heteroatoms. The quantitative estimate of drug-likeness (QED) is 0.149. The Morgan fingerprint density at radius 1 is 0.213 bits per heavy atom. The Hall–Kier alpha value is -13.4. The molecule has 0 aliphatic carbocycles. The lowest BCUT2D eigenvalue weighted by molar-refractivity contribution is 0.690. The smallest absolute Gasteiger partial charge is 0.165 e. The Labute approximate surface area is 630 Å². The van der Waals surface area contributed by atoms with Crippen molar-refractivity contribution in [3.63, 3.8) is 0 Å². The van der Waals surface area contributed by atoms with Gasteiger partial charge in [0.2, 0.25) is 0 Å². The molecule has 19 aromatic rings. The number of hydrogen-bond acceptors (Lipinski definition) is 8. The van der Waals surface area contributed by atoms with Crippen LogP contribution in [0.1, 0.15) is 44.5 Å². The number of nitrogens with zero attached hydrogens (tertiary/aromatic N) is 8. The molecule has 4 aliphatic heterocycles. The van der Waals surface area contributed by atoms with Gasteiger partial charge in [0, 0.05) is 74.5 Å². The zero-order valence-corrected chi connectivity index (χ0v) is 59.5. The molecule has 2 spiro atoms. The molecule has 8 heterocycles. The Balaban J connectivity index is 0.695. The number of aromatic nitrogens is 8. The lowest BCUT2D eigenvalue weighted by atomic mass is 9.62. The van der Waals surface area contributed by atoms with E-state index in [2.05, 4.69) is 331 Å². The molecule has 0 bridgehead atoms. The summed E-state index contributed by atoms with van der Waals surface area (Å²) in [6.07, 6.45) is 0. The summed E-state index contributed by atoms with van der Waals surface area (Å²) < 4.78 is 5.03. The number of fused-ring (bicyclic) bond motifs is 22. The van der Waals surface area contributed by atoms with Gasteiger partial charge < -0.3 is 9.13 Å². The summed E-state index contributed by atoms with van der Waals surface area (Å²) in [5.74, 6) is 3.65. The molecule has 0 fully saturated rings. The Morgan fingerprint density at radius 3 is 1.11 bits per heavy atom. The maximum Gasteiger partial charge on any atom is 0.165 e. The summed E-state index contributed by atoms with van der Waals surface area (Å²) in [5, 5.41) is 4.79. The van der Waals surface area contributed by atoms with Gasteiger partial charge in [0.05, 0.1) is 44.3 Å². The fourth-order valence-electron chi connectivity index (χ4n) is 18.3. The van der Waals surface area contributed by atoms with Gasteiger partial charge >= 0.3 is 0 Å². The van der Waals surface area contributed by atoms with Crippen molar-refractivity contribution in [2.45, 2.75) is 30.4 Å². The van der Waals surface area contributed by atoms with Crippen molar-refractivity contribution < 1.29 is 0 Å². The molecule has 502 valence electrons. The number of rotatable bonds is 8. The zero-order valence-electron chi connectivity index (χ0n) is 57.9. The SMILES string of the molecule is c1ccc(-c2ccc(-c3nc(-c4ccccc4)nc(-c4cccc5c4Sc4ccccc4C54c5ccccc5-n5c6ccc(-c7ccccc7-c7nc(-c8ccccc8)nc(-c8cccc9c8Sc8ccccc8C98c9ccccc9-n9c%10ccccc%10c%10cccc8c%109)n7)cc6c6cccc4c65)n3)cc2)cc1. The van der Waals surface area contributed by atoms with Crippen molar-refractivity contribution in [3.8, 4) is 102 Å². The highest BCUT2D eigenvalue weighted by atomic mass is 32.2. The van der Waals surface area contributed by atoms with Crippen molar-refractivity contribution >= 4 is 67.1 Å². The van der Waals surface area contributed by atoms with Crippen LogP contribution in [0.2, 0.25) is 0 Å². The molecule has 2 unspecified atom stereocenters. The van der Waals surface area contributed by atoms with Crippen molar-refractivity contribution in [2.24, 2.45) is 0 Å². The maximum atomic E-state index is 5.71. The van der Waals surface area contributed by atoms with E-state index in [1.165, 1.54) is 87.3 Å². The first-order valence-corrected chi connectivity index (χ1v) is 38.2. The molecule has 0 N–H and O–H groups in total. The van der Waals surface area contributed by atoms with Crippen molar-refractivity contribution in [3.05, 3.63) is 396 Å². The standard InChI is InChI=1S/C98H58N8S2/c1-4-26-59(27-5-1)60-52-54-63(55-53-60)93-99-91(61-28-6-2-7-29-61)101-95(103-93)70-37-24-45-79-89(70)107-86-51-21-16-42-76(86)98(79)74-40-14-19-49-84(74)106-82-57-56-64(58-72(82)68-36-23-44-78(98)88(68)106)65-32-10-11-34-69(65)94-100-92(62-30-8-3-9-31-62)102-96(104-94)71-38-25-46-80-90(71)108-85-50-20-15-41-75(85)97(80)73-39-13-18-48-83(73)105-81-47-17-12-33-66(81)67-35-22-43-77(97)87(67)105/h1-58H. The highest BCUT2D eigenvalue weighted by molar-refractivity contribution is 8.00. The third-order valence-electron chi connectivity index (χ3n) is 22.8. The average Bonchev–Trinajstić information content (AvgIpc) is 1.32. The van der Waals surface area contributed by atoms with Crippen LogP contribution in [0, 0.1) is 0 Å². The van der Waals surface area contributed by atoms with E-state index >= 15 is 0 Å². The largest absolute Gasteiger partial charge is 0.309 e. The van der Waals surface area contributed by atoms with Crippen LogP contribution >= 0.6 is 23.5 Å². The molecule has 0 amide bonds. The van der Waals surface area contributed by atoms with Crippen LogP contribution in [-0.4, -0.2) is 39.0 Å². The second-order valence-electron chi connectivity index (χ2n) is 28.3. The van der Waals surface area contributed by atoms with E-state index in [-0.39, 0.29) is 0 Å². The van der Waals surface area contributed by atoms with E-state index in [0.29, 0.717) is 34.9 Å². The molecule has 108 heavy (non-hydrogen) atoms. The Bertz CT molecular complexity index is 7010. The van der Waals surface area contributed by atoms with Crippen molar-refractivity contribution in [2.75, 3.05) is 0 Å². The first kappa shape index (κ1) is 61.0. The molecule has 4 aromatic heterocycles. The van der Waals surface area contributed by atoms with Crippen LogP contribution in [0.3, 0.4) is 0 Å². The second-order valence-corrected chi connectivity index (χ2v) is 30.4. The van der Waals surface area contributed by atoms with Crippen LogP contribution in [0.4, 0.5) is 0 Å². The van der Waals surface area contributed by atoms with Gasteiger partial charge in [-0.2, -0.15) is 0 Å². The van der Waals surface area contributed by atoms with E-state index < -0.39 is 10.8 Å². The van der Waals surface area contributed by atoms with Gasteiger partial charge in [-0.25, -0.2) is 29.9 Å². The summed E-state index contributed by atoms with van der Waals surface area (Å²) in [6.45, 7) is 0. The lowest BCUT2D eigenvalue weighted by Gasteiger charge is -2.45. The Kier molecular flexibility index (Phi) is 13.3. The Morgan fingerprint density at radius 2 is 0.556 bits per heavy atom. The second kappa shape index (κ2) is 23.6. The topological polar surface area (TPSA) is 87.2 Å². The predicted molar refractivity (Wildman–Crippen MR) is 437 cm³/mol. The summed E-state index contributed by atoms with van der Waals surface area (Å²) in [5.41, 5.74) is 25.2. The third-order valence-corrected chi connectivity index (χ3v) is 25.2. The summed E-state index contributed by atoms with van der Waals surface area (Å²) >= 11 is 3.62. The lowest BCUT2D eigenvalue weighted by Crippen LogP contribution is -2.37. The van der Waals surface area contributed by atoms with Gasteiger partial charge in [0.1, 0.15) is 0 Å². The van der Waals surface area contributed by atoms with Crippen LogP contribution in [0.25, 0.3) is 146 Å². The van der Waals surface area contributed by atoms with E-state index in [1.807, 2.05) is 42.1 Å². The van der Waals surface area contributed by atoms with E-state index in [9.17, 15) is 0 Å². The highest BCUT2D eigenvalue weighted by Crippen LogP contribution is 2.64. The monoisotopic (exact) mass is 1410 g/mol. The number of hydrogen-bond donors (Lipinski definition) is 0. The summed E-state index contributed by atoms with van der Waals surface area (Å²) in [4.78, 5) is 37.4. The van der Waals surface area contributed by atoms with Gasteiger partial charge in [-0.15, -0.1) is 0 Å².